The van der Waals surface area contributed by atoms with Crippen molar-refractivity contribution >= 4 is 0 Å². The van der Waals surface area contributed by atoms with Gasteiger partial charge in [0, 0.05) is 0 Å². The molecular formula is C13H20. The van der Waals surface area contributed by atoms with Crippen LogP contribution in [0.25, 0.3) is 0 Å². The highest BCUT2D eigenvalue weighted by molar-refractivity contribution is 5.24. The minimum atomic E-state index is 1.17. The molecule has 72 valence electrons. The van der Waals surface area contributed by atoms with Crippen LogP contribution >= 0.6 is 0 Å². The molecule has 0 aromatic rings. The third-order valence-electron chi connectivity index (χ3n) is 1.76. The molecule has 0 aliphatic carbocycles. The lowest BCUT2D eigenvalue weighted by atomic mass is 10.1. The highest BCUT2D eigenvalue weighted by Gasteiger charge is 1.88. The summed E-state index contributed by atoms with van der Waals surface area (Å²) in [5.41, 5.74) is 1.39. The van der Waals surface area contributed by atoms with Crippen molar-refractivity contribution in [2.75, 3.05) is 0 Å². The van der Waals surface area contributed by atoms with Crippen molar-refractivity contribution in [3.05, 3.63) is 48.6 Å². The van der Waals surface area contributed by atoms with Crippen molar-refractivity contribution in [3.8, 4) is 0 Å². The molecule has 0 rings (SSSR count). The fourth-order valence-corrected chi connectivity index (χ4v) is 1.07. The van der Waals surface area contributed by atoms with E-state index in [1.54, 1.807) is 6.08 Å². The van der Waals surface area contributed by atoms with E-state index in [-0.39, 0.29) is 0 Å². The van der Waals surface area contributed by atoms with Crippen LogP contribution in [0.2, 0.25) is 0 Å². The summed E-state index contributed by atoms with van der Waals surface area (Å²) < 4.78 is 0. The van der Waals surface area contributed by atoms with Crippen molar-refractivity contribution in [1.82, 2.24) is 0 Å². The lowest BCUT2D eigenvalue weighted by molar-refractivity contribution is 0.798. The number of unbranched alkanes of at least 4 members (excludes halogenated alkanes) is 1. The summed E-state index contributed by atoms with van der Waals surface area (Å²) in [4.78, 5) is 0. The molecule has 0 bridgehead atoms. The summed E-state index contributed by atoms with van der Waals surface area (Å²) in [6.45, 7) is 7.90. The van der Waals surface area contributed by atoms with Crippen LogP contribution in [-0.2, 0) is 0 Å². The Morgan fingerprint density at radius 2 is 2.08 bits per heavy atom. The first-order valence-corrected chi connectivity index (χ1v) is 4.96. The molecular weight excluding hydrogens is 156 g/mol. The van der Waals surface area contributed by atoms with Gasteiger partial charge in [0.2, 0.25) is 0 Å². The van der Waals surface area contributed by atoms with Crippen LogP contribution in [0.15, 0.2) is 48.6 Å². The Morgan fingerprint density at radius 1 is 1.31 bits per heavy atom. The molecule has 0 aromatic heterocycles. The second kappa shape index (κ2) is 9.05. The molecule has 0 aromatic carbocycles. The van der Waals surface area contributed by atoms with Gasteiger partial charge in [-0.15, -0.1) is 0 Å². The molecule has 0 radical (unpaired) electrons. The van der Waals surface area contributed by atoms with Gasteiger partial charge >= 0.3 is 0 Å². The summed E-state index contributed by atoms with van der Waals surface area (Å²) >= 11 is 0. The van der Waals surface area contributed by atoms with E-state index in [0.717, 1.165) is 0 Å². The highest BCUT2D eigenvalue weighted by Crippen LogP contribution is 2.08. The zero-order chi connectivity index (χ0) is 9.94. The number of hydrogen-bond donors (Lipinski definition) is 0. The molecule has 0 spiro atoms. The summed E-state index contributed by atoms with van der Waals surface area (Å²) in [5, 5.41) is 0. The quantitative estimate of drug-likeness (QED) is 0.525. The maximum atomic E-state index is 3.63. The first-order valence-electron chi connectivity index (χ1n) is 4.96. The molecule has 0 saturated carbocycles. The Labute approximate surface area is 82.4 Å². The van der Waals surface area contributed by atoms with Gasteiger partial charge in [0.15, 0.2) is 0 Å². The third kappa shape index (κ3) is 7.32. The van der Waals surface area contributed by atoms with Crippen LogP contribution < -0.4 is 0 Å². The molecule has 0 saturated heterocycles. The second-order valence-electron chi connectivity index (χ2n) is 2.97. The molecule has 0 aliphatic heterocycles. The minimum absolute atomic E-state index is 1.17. The van der Waals surface area contributed by atoms with Crippen LogP contribution in [0.1, 0.15) is 33.1 Å². The molecule has 0 heterocycles. The Balaban J connectivity index is 4.13. The van der Waals surface area contributed by atoms with Crippen molar-refractivity contribution in [2.24, 2.45) is 0 Å². The second-order valence-corrected chi connectivity index (χ2v) is 2.97. The molecule has 0 aliphatic rings. The molecule has 0 fully saturated rings. The van der Waals surface area contributed by atoms with Gasteiger partial charge < -0.3 is 0 Å². The Bertz CT molecular complexity index is 204. The van der Waals surface area contributed by atoms with E-state index in [9.17, 15) is 0 Å². The number of hydrogen-bond acceptors (Lipinski definition) is 0. The van der Waals surface area contributed by atoms with Gasteiger partial charge in [-0.2, -0.15) is 0 Å². The van der Waals surface area contributed by atoms with E-state index in [0.29, 0.717) is 0 Å². The SMILES string of the molecule is C=C/C=C/C=C(/C=C/C)CCCC. The van der Waals surface area contributed by atoms with Gasteiger partial charge in [-0.3, -0.25) is 0 Å². The van der Waals surface area contributed by atoms with Crippen molar-refractivity contribution < 1.29 is 0 Å². The standard InChI is InChI=1S/C13H20/c1-4-7-9-12-13(10-6-3)11-8-5-2/h4,6-7,9-10,12H,1,5,8,11H2,2-3H3/b9-7+,10-6+,13-12-. The van der Waals surface area contributed by atoms with Crippen LogP contribution in [0.5, 0.6) is 0 Å². The molecule has 0 unspecified atom stereocenters. The predicted octanol–water partition coefficient (Wildman–Crippen LogP) is 4.42. The lowest BCUT2D eigenvalue weighted by Gasteiger charge is -1.98. The van der Waals surface area contributed by atoms with Crippen LogP contribution in [0, 0.1) is 0 Å². The van der Waals surface area contributed by atoms with Gasteiger partial charge in [0.1, 0.15) is 0 Å². The van der Waals surface area contributed by atoms with Gasteiger partial charge in [0.25, 0.3) is 0 Å². The van der Waals surface area contributed by atoms with E-state index in [4.69, 9.17) is 0 Å². The molecule has 0 N–H and O–H groups in total. The van der Waals surface area contributed by atoms with Crippen molar-refractivity contribution in [1.29, 1.82) is 0 Å². The summed E-state index contributed by atoms with van der Waals surface area (Å²) in [7, 11) is 0. The Morgan fingerprint density at radius 3 is 2.62 bits per heavy atom. The lowest BCUT2D eigenvalue weighted by Crippen LogP contribution is -1.78. The predicted molar refractivity (Wildman–Crippen MR) is 61.8 cm³/mol. The zero-order valence-corrected chi connectivity index (χ0v) is 8.79. The smallest absolute Gasteiger partial charge is 0.0279 e. The maximum Gasteiger partial charge on any atom is -0.0279 e. The average molecular weight is 176 g/mol. The highest BCUT2D eigenvalue weighted by atomic mass is 13.9. The van der Waals surface area contributed by atoms with Crippen LogP contribution in [0.3, 0.4) is 0 Å². The fourth-order valence-electron chi connectivity index (χ4n) is 1.07. The molecule has 0 atom stereocenters. The van der Waals surface area contributed by atoms with Gasteiger partial charge in [-0.05, 0) is 25.3 Å². The summed E-state index contributed by atoms with van der Waals surface area (Å²) in [6, 6.07) is 0. The van der Waals surface area contributed by atoms with E-state index >= 15 is 0 Å². The Hall–Kier alpha value is -1.04. The molecule has 0 heteroatoms. The van der Waals surface area contributed by atoms with E-state index in [1.165, 1.54) is 24.8 Å². The normalized spacial score (nSPS) is 12.9. The van der Waals surface area contributed by atoms with Gasteiger partial charge in [-0.25, -0.2) is 0 Å². The number of allylic oxidation sites excluding steroid dienone is 7. The largest absolute Gasteiger partial charge is 0.0991 e. The summed E-state index contributed by atoms with van der Waals surface area (Å²) in [6.07, 6.45) is 15.9. The van der Waals surface area contributed by atoms with Gasteiger partial charge in [-0.1, -0.05) is 56.4 Å². The van der Waals surface area contributed by atoms with E-state index in [1.807, 2.05) is 12.2 Å². The zero-order valence-electron chi connectivity index (χ0n) is 8.79. The Kier molecular flexibility index (Phi) is 8.33. The molecule has 0 nitrogen and oxygen atoms in total. The number of rotatable bonds is 6. The van der Waals surface area contributed by atoms with Crippen molar-refractivity contribution in [2.45, 2.75) is 33.1 Å². The first kappa shape index (κ1) is 12.0. The van der Waals surface area contributed by atoms with E-state index < -0.39 is 0 Å². The van der Waals surface area contributed by atoms with Gasteiger partial charge in [0.05, 0.1) is 0 Å². The van der Waals surface area contributed by atoms with Crippen molar-refractivity contribution in [3.63, 3.8) is 0 Å². The van der Waals surface area contributed by atoms with Crippen LogP contribution in [-0.4, -0.2) is 0 Å². The average Bonchev–Trinajstić information content (AvgIpc) is 2.14. The minimum Gasteiger partial charge on any atom is -0.0991 e. The molecule has 0 amide bonds. The third-order valence-corrected chi connectivity index (χ3v) is 1.76. The summed E-state index contributed by atoms with van der Waals surface area (Å²) in [5.74, 6) is 0. The monoisotopic (exact) mass is 176 g/mol. The fraction of sp³-hybridized carbons (Fsp3) is 0.385. The first-order chi connectivity index (χ1) is 6.35. The van der Waals surface area contributed by atoms with Crippen LogP contribution in [0.4, 0.5) is 0 Å². The molecule has 13 heavy (non-hydrogen) atoms. The maximum absolute atomic E-state index is 3.63. The topological polar surface area (TPSA) is 0 Å². The van der Waals surface area contributed by atoms with E-state index in [2.05, 4.69) is 38.7 Å².